The van der Waals surface area contributed by atoms with Crippen molar-refractivity contribution in [2.45, 2.75) is 26.7 Å². The summed E-state index contributed by atoms with van der Waals surface area (Å²) >= 11 is 0. The highest BCUT2D eigenvalue weighted by Gasteiger charge is 2.41. The largest absolute Gasteiger partial charge is 0.316 e. The van der Waals surface area contributed by atoms with Crippen LogP contribution >= 0.6 is 0 Å². The molecule has 2 atom stereocenters. The summed E-state index contributed by atoms with van der Waals surface area (Å²) in [7, 11) is 0. The molecule has 1 aliphatic carbocycles. The first kappa shape index (κ1) is 6.66. The van der Waals surface area contributed by atoms with Gasteiger partial charge in [0.25, 0.3) is 0 Å². The average molecular weight is 139 g/mol. The van der Waals surface area contributed by atoms with Crippen molar-refractivity contribution in [2.75, 3.05) is 13.1 Å². The second-order valence-electron chi connectivity index (χ2n) is 4.75. The zero-order valence-electron chi connectivity index (χ0n) is 6.98. The first-order chi connectivity index (χ1) is 4.67. The van der Waals surface area contributed by atoms with Gasteiger partial charge in [-0.3, -0.25) is 0 Å². The predicted molar refractivity (Wildman–Crippen MR) is 42.9 cm³/mol. The van der Waals surface area contributed by atoms with Crippen LogP contribution in [0.4, 0.5) is 0 Å². The van der Waals surface area contributed by atoms with Gasteiger partial charge in [-0.2, -0.15) is 0 Å². The molecule has 2 aliphatic rings. The Hall–Kier alpha value is -0.0400. The van der Waals surface area contributed by atoms with Crippen molar-refractivity contribution in [3.8, 4) is 0 Å². The van der Waals surface area contributed by atoms with Gasteiger partial charge in [0.15, 0.2) is 0 Å². The third-order valence-corrected chi connectivity index (χ3v) is 3.11. The highest BCUT2D eigenvalue weighted by atomic mass is 14.9. The van der Waals surface area contributed by atoms with E-state index < -0.39 is 0 Å². The fourth-order valence-corrected chi connectivity index (χ4v) is 2.77. The molecule has 0 aromatic rings. The number of rotatable bonds is 0. The molecule has 0 aromatic heterocycles. The molecule has 1 heteroatoms. The molecule has 1 aliphatic heterocycles. The molecule has 2 fully saturated rings. The van der Waals surface area contributed by atoms with Gasteiger partial charge >= 0.3 is 0 Å². The molecule has 0 radical (unpaired) electrons. The lowest BCUT2D eigenvalue weighted by Gasteiger charge is -2.17. The molecule has 1 saturated heterocycles. The van der Waals surface area contributed by atoms with E-state index in [2.05, 4.69) is 19.2 Å². The number of hydrogen-bond donors (Lipinski definition) is 1. The Morgan fingerprint density at radius 2 is 1.60 bits per heavy atom. The average Bonchev–Trinajstić information content (AvgIpc) is 2.20. The molecule has 0 amide bonds. The maximum absolute atomic E-state index is 3.46. The van der Waals surface area contributed by atoms with E-state index in [0.717, 1.165) is 11.8 Å². The fourth-order valence-electron chi connectivity index (χ4n) is 2.77. The first-order valence-corrected chi connectivity index (χ1v) is 4.38. The summed E-state index contributed by atoms with van der Waals surface area (Å²) in [6.45, 7) is 7.39. The third kappa shape index (κ3) is 0.968. The highest BCUT2D eigenvalue weighted by molar-refractivity contribution is 4.94. The lowest BCUT2D eigenvalue weighted by Crippen LogP contribution is -2.15. The van der Waals surface area contributed by atoms with Gasteiger partial charge in [-0.25, -0.2) is 0 Å². The Bertz CT molecular complexity index is 126. The van der Waals surface area contributed by atoms with E-state index >= 15 is 0 Å². The Kier molecular flexibility index (Phi) is 1.31. The van der Waals surface area contributed by atoms with E-state index in [1.54, 1.807) is 0 Å². The van der Waals surface area contributed by atoms with Gasteiger partial charge in [0.05, 0.1) is 0 Å². The van der Waals surface area contributed by atoms with Gasteiger partial charge in [-0.1, -0.05) is 13.8 Å². The number of fused-ring (bicyclic) bond motifs is 1. The number of hydrogen-bond acceptors (Lipinski definition) is 1. The van der Waals surface area contributed by atoms with Gasteiger partial charge in [-0.15, -0.1) is 0 Å². The van der Waals surface area contributed by atoms with Crippen molar-refractivity contribution in [2.24, 2.45) is 17.3 Å². The van der Waals surface area contributed by atoms with Gasteiger partial charge in [0.1, 0.15) is 0 Å². The normalized spacial score (nSPS) is 43.8. The van der Waals surface area contributed by atoms with Crippen LogP contribution in [0.3, 0.4) is 0 Å². The van der Waals surface area contributed by atoms with Crippen molar-refractivity contribution < 1.29 is 0 Å². The summed E-state index contributed by atoms with van der Waals surface area (Å²) in [5.74, 6) is 2.02. The van der Waals surface area contributed by atoms with Crippen molar-refractivity contribution in [3.63, 3.8) is 0 Å². The van der Waals surface area contributed by atoms with Gasteiger partial charge in [0.2, 0.25) is 0 Å². The molecule has 1 nitrogen and oxygen atoms in total. The minimum atomic E-state index is 0.650. The van der Waals surface area contributed by atoms with Crippen LogP contribution in [-0.2, 0) is 0 Å². The van der Waals surface area contributed by atoms with Crippen LogP contribution in [0.25, 0.3) is 0 Å². The minimum absolute atomic E-state index is 0.650. The van der Waals surface area contributed by atoms with Gasteiger partial charge in [-0.05, 0) is 43.2 Å². The molecule has 58 valence electrons. The quantitative estimate of drug-likeness (QED) is 0.538. The molecule has 2 unspecified atom stereocenters. The Labute approximate surface area is 63.2 Å². The van der Waals surface area contributed by atoms with Crippen molar-refractivity contribution in [1.82, 2.24) is 5.32 Å². The molecule has 10 heavy (non-hydrogen) atoms. The van der Waals surface area contributed by atoms with Crippen LogP contribution in [0.15, 0.2) is 0 Å². The molecule has 2 rings (SSSR count). The monoisotopic (exact) mass is 139 g/mol. The third-order valence-electron chi connectivity index (χ3n) is 3.11. The molecule has 0 bridgehead atoms. The van der Waals surface area contributed by atoms with E-state index in [9.17, 15) is 0 Å². The second kappa shape index (κ2) is 1.97. The molecule has 1 saturated carbocycles. The predicted octanol–water partition coefficient (Wildman–Crippen LogP) is 1.64. The van der Waals surface area contributed by atoms with E-state index in [-0.39, 0.29) is 0 Å². The second-order valence-corrected chi connectivity index (χ2v) is 4.75. The smallest absolute Gasteiger partial charge is 0.00171 e. The van der Waals surface area contributed by atoms with Crippen LogP contribution in [0.1, 0.15) is 26.7 Å². The van der Waals surface area contributed by atoms with E-state index in [0.29, 0.717) is 5.41 Å². The summed E-state index contributed by atoms with van der Waals surface area (Å²) < 4.78 is 0. The molecule has 0 spiro atoms. The lowest BCUT2D eigenvalue weighted by atomic mass is 9.90. The summed E-state index contributed by atoms with van der Waals surface area (Å²) in [5, 5.41) is 3.46. The van der Waals surface area contributed by atoms with E-state index in [4.69, 9.17) is 0 Å². The molecular weight excluding hydrogens is 122 g/mol. The van der Waals surface area contributed by atoms with E-state index in [1.807, 2.05) is 0 Å². The molecular formula is C9H17N. The van der Waals surface area contributed by atoms with Gasteiger partial charge < -0.3 is 5.32 Å². The van der Waals surface area contributed by atoms with Crippen LogP contribution in [0.2, 0.25) is 0 Å². The Morgan fingerprint density at radius 3 is 2.10 bits per heavy atom. The van der Waals surface area contributed by atoms with Gasteiger partial charge in [0, 0.05) is 0 Å². The Morgan fingerprint density at radius 1 is 1.10 bits per heavy atom. The highest BCUT2D eigenvalue weighted by Crippen LogP contribution is 2.46. The van der Waals surface area contributed by atoms with Crippen molar-refractivity contribution in [3.05, 3.63) is 0 Å². The summed E-state index contributed by atoms with van der Waals surface area (Å²) in [6.07, 6.45) is 2.90. The summed E-state index contributed by atoms with van der Waals surface area (Å²) in [4.78, 5) is 0. The summed E-state index contributed by atoms with van der Waals surface area (Å²) in [6, 6.07) is 0. The van der Waals surface area contributed by atoms with Crippen LogP contribution in [0, 0.1) is 17.3 Å². The molecule has 0 aromatic carbocycles. The molecule has 1 heterocycles. The first-order valence-electron chi connectivity index (χ1n) is 4.38. The zero-order valence-corrected chi connectivity index (χ0v) is 6.98. The Balaban J connectivity index is 2.07. The van der Waals surface area contributed by atoms with Crippen molar-refractivity contribution >= 4 is 0 Å². The zero-order chi connectivity index (χ0) is 7.19. The SMILES string of the molecule is CC1(C)CC2CNCC2C1. The topological polar surface area (TPSA) is 12.0 Å². The fraction of sp³-hybridized carbons (Fsp3) is 1.00. The number of nitrogens with one attached hydrogen (secondary N) is 1. The van der Waals surface area contributed by atoms with Crippen molar-refractivity contribution in [1.29, 1.82) is 0 Å². The maximum atomic E-state index is 3.46. The van der Waals surface area contributed by atoms with Crippen LogP contribution in [0.5, 0.6) is 0 Å². The van der Waals surface area contributed by atoms with Crippen LogP contribution < -0.4 is 5.32 Å². The van der Waals surface area contributed by atoms with E-state index in [1.165, 1.54) is 25.9 Å². The lowest BCUT2D eigenvalue weighted by molar-refractivity contribution is 0.348. The van der Waals surface area contributed by atoms with Crippen LogP contribution in [-0.4, -0.2) is 13.1 Å². The molecule has 1 N–H and O–H groups in total. The summed E-state index contributed by atoms with van der Waals surface area (Å²) in [5.41, 5.74) is 0.650. The minimum Gasteiger partial charge on any atom is -0.316 e. The standard InChI is InChI=1S/C9H17N/c1-9(2)3-7-5-10-6-8(7)4-9/h7-8,10H,3-6H2,1-2H3. The maximum Gasteiger partial charge on any atom is -0.00171 e.